The molecule has 1 N–H and O–H groups in total. The van der Waals surface area contributed by atoms with Crippen LogP contribution in [0.25, 0.3) is 0 Å². The Morgan fingerprint density at radius 1 is 1.32 bits per heavy atom. The Bertz CT molecular complexity index is 880. The lowest BCUT2D eigenvalue weighted by Gasteiger charge is -2.23. The van der Waals surface area contributed by atoms with E-state index in [9.17, 15) is 13.2 Å². The molecule has 0 aliphatic carbocycles. The summed E-state index contributed by atoms with van der Waals surface area (Å²) in [6.07, 6.45) is 1.96. The van der Waals surface area contributed by atoms with Gasteiger partial charge in [-0.05, 0) is 43.0 Å². The molecule has 1 atom stereocenters. The molecule has 1 aromatic heterocycles. The number of halogens is 1. The second kappa shape index (κ2) is 7.45. The second-order valence-corrected chi connectivity index (χ2v) is 9.66. The molecule has 3 rings (SSSR count). The molecule has 1 aliphatic heterocycles. The number of carbonyl (C=O) groups is 1. The predicted octanol–water partition coefficient (Wildman–Crippen LogP) is 3.76. The van der Waals surface area contributed by atoms with E-state index in [2.05, 4.69) is 5.32 Å². The minimum atomic E-state index is -3.71. The maximum atomic E-state index is 12.8. The molecule has 8 heteroatoms. The van der Waals surface area contributed by atoms with Gasteiger partial charge in [-0.25, -0.2) is 8.42 Å². The third-order valence-electron chi connectivity index (χ3n) is 4.27. The zero-order valence-electron chi connectivity index (χ0n) is 13.7. The van der Waals surface area contributed by atoms with Crippen molar-refractivity contribution in [2.45, 2.75) is 36.4 Å². The van der Waals surface area contributed by atoms with E-state index >= 15 is 0 Å². The van der Waals surface area contributed by atoms with Gasteiger partial charge in [0.05, 0.1) is 4.34 Å². The van der Waals surface area contributed by atoms with Crippen molar-refractivity contribution >= 4 is 44.6 Å². The number of anilines is 1. The summed E-state index contributed by atoms with van der Waals surface area (Å²) in [6.45, 7) is 2.35. The van der Waals surface area contributed by atoms with Crippen LogP contribution in [0.3, 0.4) is 0 Å². The van der Waals surface area contributed by atoms with Gasteiger partial charge in [0.2, 0.25) is 5.91 Å². The number of hydrogen-bond acceptors (Lipinski definition) is 4. The number of benzene rings is 1. The van der Waals surface area contributed by atoms with Crippen LogP contribution >= 0.6 is 22.9 Å². The summed E-state index contributed by atoms with van der Waals surface area (Å²) in [5.41, 5.74) is 1.76. The first kappa shape index (κ1) is 18.4. The SMILES string of the molecule is CCc1ccccc1NC(=O)[C@H]1CCCN1S(=O)(=O)c1ccc(Cl)s1. The lowest BCUT2D eigenvalue weighted by Crippen LogP contribution is -2.43. The summed E-state index contributed by atoms with van der Waals surface area (Å²) in [5, 5.41) is 2.89. The number of sulfonamides is 1. The van der Waals surface area contributed by atoms with Gasteiger partial charge in [0.15, 0.2) is 0 Å². The molecule has 134 valence electrons. The molecular weight excluding hydrogens is 380 g/mol. The van der Waals surface area contributed by atoms with Crippen molar-refractivity contribution in [3.8, 4) is 0 Å². The molecule has 1 fully saturated rings. The molecule has 25 heavy (non-hydrogen) atoms. The Morgan fingerprint density at radius 2 is 2.08 bits per heavy atom. The molecule has 1 aliphatic rings. The first-order valence-electron chi connectivity index (χ1n) is 8.09. The van der Waals surface area contributed by atoms with Gasteiger partial charge >= 0.3 is 0 Å². The lowest BCUT2D eigenvalue weighted by molar-refractivity contribution is -0.119. The zero-order chi connectivity index (χ0) is 18.0. The van der Waals surface area contributed by atoms with Gasteiger partial charge in [0.1, 0.15) is 10.3 Å². The van der Waals surface area contributed by atoms with Crippen molar-refractivity contribution in [3.63, 3.8) is 0 Å². The van der Waals surface area contributed by atoms with Crippen molar-refractivity contribution in [1.82, 2.24) is 4.31 Å². The van der Waals surface area contributed by atoms with Crippen LogP contribution in [-0.4, -0.2) is 31.2 Å². The number of carbonyl (C=O) groups excluding carboxylic acids is 1. The summed E-state index contributed by atoms with van der Waals surface area (Å²) in [7, 11) is -3.71. The number of para-hydroxylation sites is 1. The zero-order valence-corrected chi connectivity index (χ0v) is 16.1. The van der Waals surface area contributed by atoms with Crippen LogP contribution in [0, 0.1) is 0 Å². The highest BCUT2D eigenvalue weighted by Gasteiger charge is 2.40. The molecule has 2 aromatic rings. The number of nitrogens with zero attached hydrogens (tertiary/aromatic N) is 1. The predicted molar refractivity (Wildman–Crippen MR) is 101 cm³/mol. The van der Waals surface area contributed by atoms with Crippen molar-refractivity contribution in [2.24, 2.45) is 0 Å². The highest BCUT2D eigenvalue weighted by atomic mass is 35.5. The van der Waals surface area contributed by atoms with Crippen LogP contribution in [0.5, 0.6) is 0 Å². The minimum absolute atomic E-state index is 0.172. The normalized spacial score (nSPS) is 18.4. The van der Waals surface area contributed by atoms with Crippen molar-refractivity contribution in [2.75, 3.05) is 11.9 Å². The number of thiophene rings is 1. The largest absolute Gasteiger partial charge is 0.324 e. The van der Waals surface area contributed by atoms with E-state index in [1.807, 2.05) is 31.2 Å². The topological polar surface area (TPSA) is 66.5 Å². The van der Waals surface area contributed by atoms with Gasteiger partial charge in [-0.1, -0.05) is 36.7 Å². The van der Waals surface area contributed by atoms with Gasteiger partial charge in [-0.2, -0.15) is 4.31 Å². The Balaban J connectivity index is 1.83. The number of amides is 1. The van der Waals surface area contributed by atoms with Crippen molar-refractivity contribution in [1.29, 1.82) is 0 Å². The van der Waals surface area contributed by atoms with Crippen LogP contribution in [-0.2, 0) is 21.2 Å². The smallest absolute Gasteiger partial charge is 0.253 e. The molecule has 2 heterocycles. The summed E-state index contributed by atoms with van der Waals surface area (Å²) >= 11 is 6.88. The van der Waals surface area contributed by atoms with E-state index in [-0.39, 0.29) is 10.1 Å². The minimum Gasteiger partial charge on any atom is -0.324 e. The summed E-state index contributed by atoms with van der Waals surface area (Å²) in [5.74, 6) is -0.287. The maximum absolute atomic E-state index is 12.8. The van der Waals surface area contributed by atoms with E-state index in [1.165, 1.54) is 10.4 Å². The molecule has 0 radical (unpaired) electrons. The molecule has 1 aromatic carbocycles. The van der Waals surface area contributed by atoms with Gasteiger partial charge in [-0.15, -0.1) is 11.3 Å². The van der Waals surface area contributed by atoms with E-state index < -0.39 is 16.1 Å². The number of nitrogens with one attached hydrogen (secondary N) is 1. The third kappa shape index (κ3) is 3.74. The Kier molecular flexibility index (Phi) is 5.48. The van der Waals surface area contributed by atoms with Gasteiger partial charge in [-0.3, -0.25) is 4.79 Å². The lowest BCUT2D eigenvalue weighted by atomic mass is 10.1. The highest BCUT2D eigenvalue weighted by molar-refractivity contribution is 7.91. The fraction of sp³-hybridized carbons (Fsp3) is 0.353. The highest BCUT2D eigenvalue weighted by Crippen LogP contribution is 2.32. The van der Waals surface area contributed by atoms with E-state index in [0.29, 0.717) is 23.7 Å². The first-order valence-corrected chi connectivity index (χ1v) is 10.7. The molecule has 0 unspecified atom stereocenters. The average molecular weight is 399 g/mol. The quantitative estimate of drug-likeness (QED) is 0.833. The van der Waals surface area contributed by atoms with Crippen LogP contribution < -0.4 is 5.32 Å². The second-order valence-electron chi connectivity index (χ2n) is 5.83. The third-order valence-corrected chi connectivity index (χ3v) is 7.88. The van der Waals surface area contributed by atoms with Crippen LogP contribution in [0.1, 0.15) is 25.3 Å². The monoisotopic (exact) mass is 398 g/mol. The molecule has 0 bridgehead atoms. The van der Waals surface area contributed by atoms with Crippen molar-refractivity contribution in [3.05, 3.63) is 46.3 Å². The molecule has 1 saturated heterocycles. The van der Waals surface area contributed by atoms with Gasteiger partial charge in [0, 0.05) is 12.2 Å². The fourth-order valence-electron chi connectivity index (χ4n) is 3.01. The molecular formula is C17H19ClN2O3S2. The Labute approximate surface area is 156 Å². The number of hydrogen-bond donors (Lipinski definition) is 1. The molecule has 0 spiro atoms. The summed E-state index contributed by atoms with van der Waals surface area (Å²) in [6, 6.07) is 9.91. The standard InChI is InChI=1S/C17H19ClN2O3S2/c1-2-12-6-3-4-7-13(12)19-17(21)14-8-5-11-20(14)25(22,23)16-10-9-15(18)24-16/h3-4,6-7,9-10,14H,2,5,8,11H2,1H3,(H,19,21)/t14-/m1/s1. The van der Waals surface area contributed by atoms with E-state index in [4.69, 9.17) is 11.6 Å². The fourth-order valence-corrected chi connectivity index (χ4v) is 6.28. The first-order chi connectivity index (χ1) is 11.9. The maximum Gasteiger partial charge on any atom is 0.253 e. The summed E-state index contributed by atoms with van der Waals surface area (Å²) < 4.78 is 27.5. The van der Waals surface area contributed by atoms with Gasteiger partial charge < -0.3 is 5.32 Å². The number of rotatable bonds is 5. The molecule has 1 amide bonds. The average Bonchev–Trinajstić information content (AvgIpc) is 3.24. The van der Waals surface area contributed by atoms with Crippen LogP contribution in [0.15, 0.2) is 40.6 Å². The molecule has 5 nitrogen and oxygen atoms in total. The van der Waals surface area contributed by atoms with E-state index in [1.54, 1.807) is 6.07 Å². The summed E-state index contributed by atoms with van der Waals surface area (Å²) in [4.78, 5) is 12.7. The Hall–Kier alpha value is -1.41. The Morgan fingerprint density at radius 3 is 2.76 bits per heavy atom. The van der Waals surface area contributed by atoms with Crippen LogP contribution in [0.4, 0.5) is 5.69 Å². The van der Waals surface area contributed by atoms with E-state index in [0.717, 1.165) is 29.0 Å². The van der Waals surface area contributed by atoms with Crippen molar-refractivity contribution < 1.29 is 13.2 Å². The molecule has 0 saturated carbocycles. The van der Waals surface area contributed by atoms with Gasteiger partial charge in [0.25, 0.3) is 10.0 Å². The number of aryl methyl sites for hydroxylation is 1. The van der Waals surface area contributed by atoms with Crippen LogP contribution in [0.2, 0.25) is 4.34 Å².